The maximum atomic E-state index is 11.6. The third-order valence-electron chi connectivity index (χ3n) is 4.66. The van der Waals surface area contributed by atoms with Gasteiger partial charge in [0.1, 0.15) is 0 Å². The van der Waals surface area contributed by atoms with Gasteiger partial charge in [0.15, 0.2) is 0 Å². The van der Waals surface area contributed by atoms with Gasteiger partial charge in [0.2, 0.25) is 0 Å². The van der Waals surface area contributed by atoms with E-state index < -0.39 is 15.6 Å². The highest BCUT2D eigenvalue weighted by Crippen LogP contribution is 2.57. The Labute approximate surface area is 192 Å². The third kappa shape index (κ3) is 24.1. The van der Waals surface area contributed by atoms with Crippen LogP contribution in [-0.4, -0.2) is 33.9 Å². The molecule has 0 saturated carbocycles. The SMILES string of the molecule is CCCCCCCC/C=C\CCCCCCCC(=O)OCCCOP(=O)(O)OP(=O)(O)O. The zero-order valence-corrected chi connectivity index (χ0v) is 21.1. The Kier molecular flexibility index (Phi) is 19.6. The normalized spacial score (nSPS) is 14.0. The number of unbranched alkanes of at least 4 members (excludes halogenated alkanes) is 11. The van der Waals surface area contributed by atoms with Crippen LogP contribution in [0.4, 0.5) is 0 Å². The highest BCUT2D eigenvalue weighted by Gasteiger charge is 2.31. The molecule has 0 rings (SSSR count). The summed E-state index contributed by atoms with van der Waals surface area (Å²) in [6.45, 7) is 1.88. The second-order valence-electron chi connectivity index (χ2n) is 7.78. The fraction of sp³-hybridized carbons (Fsp3) is 0.857. The van der Waals surface area contributed by atoms with Crippen LogP contribution in [0.15, 0.2) is 12.2 Å². The Balaban J connectivity index is 3.44. The number of carbonyl (C=O) groups excluding carboxylic acids is 1. The van der Waals surface area contributed by atoms with Crippen molar-refractivity contribution in [3.8, 4) is 0 Å². The summed E-state index contributed by atoms with van der Waals surface area (Å²) in [6.07, 6.45) is 20.4. The minimum Gasteiger partial charge on any atom is -0.466 e. The van der Waals surface area contributed by atoms with Gasteiger partial charge in [-0.3, -0.25) is 9.32 Å². The zero-order valence-electron chi connectivity index (χ0n) is 19.4. The van der Waals surface area contributed by atoms with Crippen LogP contribution in [0.2, 0.25) is 0 Å². The van der Waals surface area contributed by atoms with Gasteiger partial charge >= 0.3 is 21.6 Å². The molecule has 0 amide bonds. The van der Waals surface area contributed by atoms with Gasteiger partial charge in [0.25, 0.3) is 0 Å². The fourth-order valence-corrected chi connectivity index (χ4v) is 4.62. The number of ether oxygens (including phenoxy) is 1. The average molecular weight is 501 g/mol. The summed E-state index contributed by atoms with van der Waals surface area (Å²) in [5, 5.41) is 0. The van der Waals surface area contributed by atoms with Crippen molar-refractivity contribution in [2.45, 2.75) is 103 Å². The predicted octanol–water partition coefficient (Wildman–Crippen LogP) is 6.18. The number of carbonyl (C=O) groups is 1. The van der Waals surface area contributed by atoms with Gasteiger partial charge < -0.3 is 19.4 Å². The molecule has 0 fully saturated rings. The van der Waals surface area contributed by atoms with E-state index in [1.807, 2.05) is 0 Å². The summed E-state index contributed by atoms with van der Waals surface area (Å²) in [5.41, 5.74) is 0. The van der Waals surface area contributed by atoms with Crippen molar-refractivity contribution >= 4 is 21.6 Å². The molecular weight excluding hydrogens is 458 g/mol. The van der Waals surface area contributed by atoms with Gasteiger partial charge in [-0.15, -0.1) is 0 Å². The van der Waals surface area contributed by atoms with E-state index in [9.17, 15) is 13.9 Å². The largest absolute Gasteiger partial charge is 0.481 e. The van der Waals surface area contributed by atoms with Crippen LogP contribution in [-0.2, 0) is 27.5 Å². The Morgan fingerprint density at radius 2 is 1.28 bits per heavy atom. The monoisotopic (exact) mass is 500 g/mol. The molecule has 190 valence electrons. The molecule has 0 aromatic heterocycles. The van der Waals surface area contributed by atoms with Crippen molar-refractivity contribution in [2.75, 3.05) is 13.2 Å². The van der Waals surface area contributed by atoms with Gasteiger partial charge in [-0.25, -0.2) is 9.13 Å². The van der Waals surface area contributed by atoms with Gasteiger partial charge in [-0.1, -0.05) is 70.4 Å². The smallest absolute Gasteiger partial charge is 0.466 e. The van der Waals surface area contributed by atoms with Crippen LogP contribution in [0, 0.1) is 0 Å². The average Bonchev–Trinajstić information content (AvgIpc) is 2.68. The van der Waals surface area contributed by atoms with Crippen LogP contribution < -0.4 is 0 Å². The highest BCUT2D eigenvalue weighted by molar-refractivity contribution is 7.60. The second-order valence-corrected chi connectivity index (χ2v) is 10.6. The van der Waals surface area contributed by atoms with Crippen molar-refractivity contribution in [3.63, 3.8) is 0 Å². The predicted molar refractivity (Wildman–Crippen MR) is 124 cm³/mol. The van der Waals surface area contributed by atoms with Crippen molar-refractivity contribution in [1.82, 2.24) is 0 Å². The first-order chi connectivity index (χ1) is 15.2. The first kappa shape index (κ1) is 31.5. The van der Waals surface area contributed by atoms with Crippen molar-refractivity contribution in [1.29, 1.82) is 0 Å². The number of hydrogen-bond acceptors (Lipinski definition) is 6. The van der Waals surface area contributed by atoms with Crippen molar-refractivity contribution in [2.24, 2.45) is 0 Å². The molecule has 3 N–H and O–H groups in total. The molecule has 0 aromatic carbocycles. The fourth-order valence-electron chi connectivity index (χ4n) is 3.00. The van der Waals surface area contributed by atoms with E-state index in [1.165, 1.54) is 44.9 Å². The lowest BCUT2D eigenvalue weighted by atomic mass is 10.1. The summed E-state index contributed by atoms with van der Waals surface area (Å²) < 4.78 is 34.7. The number of hydrogen-bond donors (Lipinski definition) is 3. The number of phosphoric acid groups is 2. The van der Waals surface area contributed by atoms with Crippen LogP contribution in [0.5, 0.6) is 0 Å². The lowest BCUT2D eigenvalue weighted by molar-refractivity contribution is -0.144. The van der Waals surface area contributed by atoms with E-state index in [0.717, 1.165) is 38.5 Å². The topological polar surface area (TPSA) is 140 Å². The Hall–Kier alpha value is -0.530. The summed E-state index contributed by atoms with van der Waals surface area (Å²) in [7, 11) is -9.95. The molecule has 1 unspecified atom stereocenters. The van der Waals surface area contributed by atoms with Crippen molar-refractivity contribution < 1.29 is 42.2 Å². The van der Waals surface area contributed by atoms with Crippen LogP contribution >= 0.6 is 15.6 Å². The number of allylic oxidation sites excluding steroid dienone is 2. The Bertz CT molecular complexity index is 590. The summed E-state index contributed by atoms with van der Waals surface area (Å²) in [5.74, 6) is -0.346. The van der Waals surface area contributed by atoms with Gasteiger partial charge in [0, 0.05) is 12.8 Å². The van der Waals surface area contributed by atoms with E-state index in [0.29, 0.717) is 6.42 Å². The molecule has 0 aliphatic heterocycles. The van der Waals surface area contributed by atoms with Gasteiger partial charge in [-0.2, -0.15) is 4.31 Å². The maximum Gasteiger partial charge on any atom is 0.481 e. The first-order valence-electron chi connectivity index (χ1n) is 11.7. The quantitative estimate of drug-likeness (QED) is 0.0687. The molecule has 11 heteroatoms. The second kappa shape index (κ2) is 19.9. The standard InChI is InChI=1S/C21H42O9P2/c1-2-3-4-5-6-7-8-9-10-11-12-13-14-15-16-18-21(22)28-19-17-20-29-32(26,27)30-31(23,24)25/h9-10H,2-8,11-20H2,1H3,(H,26,27)(H2,23,24,25)/b10-9-. The molecule has 32 heavy (non-hydrogen) atoms. The minimum atomic E-state index is -5.12. The van der Waals surface area contributed by atoms with Gasteiger partial charge in [-0.05, 0) is 32.1 Å². The molecule has 0 bridgehead atoms. The molecule has 0 spiro atoms. The van der Waals surface area contributed by atoms with E-state index in [2.05, 4.69) is 27.9 Å². The summed E-state index contributed by atoms with van der Waals surface area (Å²) >= 11 is 0. The Morgan fingerprint density at radius 1 is 0.750 bits per heavy atom. The van der Waals surface area contributed by atoms with Crippen molar-refractivity contribution in [3.05, 3.63) is 12.2 Å². The zero-order chi connectivity index (χ0) is 24.1. The van der Waals surface area contributed by atoms with Crippen LogP contribution in [0.25, 0.3) is 0 Å². The van der Waals surface area contributed by atoms with Gasteiger partial charge in [0.05, 0.1) is 13.2 Å². The minimum absolute atomic E-state index is 0.0141. The van der Waals surface area contributed by atoms with E-state index >= 15 is 0 Å². The molecule has 0 radical (unpaired) electrons. The number of rotatable bonds is 22. The molecule has 0 saturated heterocycles. The molecule has 9 nitrogen and oxygen atoms in total. The van der Waals surface area contributed by atoms with E-state index in [4.69, 9.17) is 19.4 Å². The lowest BCUT2D eigenvalue weighted by Gasteiger charge is -2.12. The maximum absolute atomic E-state index is 11.6. The molecule has 0 aliphatic rings. The summed E-state index contributed by atoms with van der Waals surface area (Å²) in [4.78, 5) is 37.6. The lowest BCUT2D eigenvalue weighted by Crippen LogP contribution is -2.07. The van der Waals surface area contributed by atoms with E-state index in [1.54, 1.807) is 0 Å². The van der Waals surface area contributed by atoms with Crippen LogP contribution in [0.1, 0.15) is 103 Å². The molecule has 0 heterocycles. The molecule has 0 aliphatic carbocycles. The van der Waals surface area contributed by atoms with E-state index in [-0.39, 0.29) is 25.6 Å². The first-order valence-corrected chi connectivity index (χ1v) is 14.7. The van der Waals surface area contributed by atoms with Crippen LogP contribution in [0.3, 0.4) is 0 Å². The third-order valence-corrected chi connectivity index (χ3v) is 6.84. The Morgan fingerprint density at radius 3 is 1.84 bits per heavy atom. The highest BCUT2D eigenvalue weighted by atomic mass is 31.3. The molecule has 1 atom stereocenters. The molecule has 0 aromatic rings. The number of esters is 1. The summed E-state index contributed by atoms with van der Waals surface area (Å²) in [6, 6.07) is 0. The molecular formula is C21H42O9P2. The number of phosphoric ester groups is 1.